The number of likely N-dealkylation sites (N-methyl/N-ethyl adjacent to an activating group) is 1. The van der Waals surface area contributed by atoms with Crippen LogP contribution in [-0.4, -0.2) is 27.2 Å². The molecule has 114 valence electrons. The Morgan fingerprint density at radius 3 is 2.59 bits per heavy atom. The molecule has 5 heteroatoms. The monoisotopic (exact) mass is 314 g/mol. The number of carbonyl (C=O) groups is 2. The van der Waals surface area contributed by atoms with Crippen LogP contribution in [0.4, 0.5) is 4.79 Å². The highest BCUT2D eigenvalue weighted by molar-refractivity contribution is 8.18. The molecule has 1 aliphatic rings. The van der Waals surface area contributed by atoms with E-state index in [4.69, 9.17) is 0 Å². The first kappa shape index (κ1) is 14.9. The smallest absolute Gasteiger partial charge is 0.293 e. The van der Waals surface area contributed by atoms with Gasteiger partial charge in [-0.05, 0) is 44.7 Å². The van der Waals surface area contributed by atoms with E-state index in [-0.39, 0.29) is 11.1 Å². The van der Waals surface area contributed by atoms with Crippen LogP contribution in [0, 0.1) is 0 Å². The summed E-state index contributed by atoms with van der Waals surface area (Å²) in [4.78, 5) is 25.8. The number of hydrogen-bond donors (Lipinski definition) is 0. The standard InChI is InChI=1S/C17H18N2O2S/c1-4-18-16(20)15(22-17(18)21)9-12-10-19(11(2)3)14-8-6-5-7-13(12)14/h5-11H,4H2,1-3H3/b15-9-. The molecule has 2 amide bonds. The Balaban J connectivity index is 2.10. The van der Waals surface area contributed by atoms with Crippen LogP contribution in [0.25, 0.3) is 17.0 Å². The van der Waals surface area contributed by atoms with Crippen LogP contribution < -0.4 is 0 Å². The fraction of sp³-hybridized carbons (Fsp3) is 0.294. The Labute approximate surface area is 133 Å². The lowest BCUT2D eigenvalue weighted by Crippen LogP contribution is -2.27. The number of amides is 2. The topological polar surface area (TPSA) is 42.3 Å². The fourth-order valence-electron chi connectivity index (χ4n) is 2.69. The molecule has 1 aliphatic heterocycles. The molecule has 4 nitrogen and oxygen atoms in total. The number of hydrogen-bond acceptors (Lipinski definition) is 3. The zero-order valence-electron chi connectivity index (χ0n) is 12.9. The molecule has 22 heavy (non-hydrogen) atoms. The van der Waals surface area contributed by atoms with Gasteiger partial charge in [-0.2, -0.15) is 0 Å². The van der Waals surface area contributed by atoms with E-state index >= 15 is 0 Å². The maximum Gasteiger partial charge on any atom is 0.293 e. The largest absolute Gasteiger partial charge is 0.344 e. The van der Waals surface area contributed by atoms with Gasteiger partial charge in [0.05, 0.1) is 4.91 Å². The summed E-state index contributed by atoms with van der Waals surface area (Å²) in [5.74, 6) is -0.195. The van der Waals surface area contributed by atoms with Crippen LogP contribution in [0.2, 0.25) is 0 Å². The molecule has 0 atom stereocenters. The molecule has 1 aromatic carbocycles. The van der Waals surface area contributed by atoms with Gasteiger partial charge in [0.15, 0.2) is 0 Å². The first-order chi connectivity index (χ1) is 10.5. The van der Waals surface area contributed by atoms with Gasteiger partial charge >= 0.3 is 0 Å². The third-order valence-corrected chi connectivity index (χ3v) is 4.71. The van der Waals surface area contributed by atoms with Crippen molar-refractivity contribution in [2.24, 2.45) is 0 Å². The molecule has 2 heterocycles. The molecular weight excluding hydrogens is 296 g/mol. The van der Waals surface area contributed by atoms with Crippen molar-refractivity contribution < 1.29 is 9.59 Å². The first-order valence-electron chi connectivity index (χ1n) is 7.38. The number of benzene rings is 1. The van der Waals surface area contributed by atoms with E-state index in [0.29, 0.717) is 17.5 Å². The van der Waals surface area contributed by atoms with Crippen molar-refractivity contribution in [1.29, 1.82) is 0 Å². The lowest BCUT2D eigenvalue weighted by atomic mass is 10.1. The van der Waals surface area contributed by atoms with Gasteiger partial charge in [0, 0.05) is 35.2 Å². The number of thioether (sulfide) groups is 1. The van der Waals surface area contributed by atoms with Gasteiger partial charge in [0.25, 0.3) is 11.1 Å². The van der Waals surface area contributed by atoms with E-state index in [9.17, 15) is 9.59 Å². The zero-order chi connectivity index (χ0) is 15.9. The van der Waals surface area contributed by atoms with Gasteiger partial charge in [0.1, 0.15) is 0 Å². The maximum absolute atomic E-state index is 12.2. The predicted octanol–water partition coefficient (Wildman–Crippen LogP) is 4.28. The molecule has 0 N–H and O–H groups in total. The minimum absolute atomic E-state index is 0.189. The van der Waals surface area contributed by atoms with E-state index < -0.39 is 0 Å². The van der Waals surface area contributed by atoms with Crippen LogP contribution >= 0.6 is 11.8 Å². The second kappa shape index (κ2) is 5.65. The van der Waals surface area contributed by atoms with E-state index in [1.807, 2.05) is 31.2 Å². The van der Waals surface area contributed by atoms with Crippen molar-refractivity contribution in [2.75, 3.05) is 6.54 Å². The molecule has 0 spiro atoms. The summed E-state index contributed by atoms with van der Waals surface area (Å²) in [5.41, 5.74) is 2.12. The van der Waals surface area contributed by atoms with Crippen LogP contribution in [0.5, 0.6) is 0 Å². The Morgan fingerprint density at radius 1 is 1.23 bits per heavy atom. The molecule has 0 unspecified atom stereocenters. The van der Waals surface area contributed by atoms with Gasteiger partial charge in [-0.3, -0.25) is 14.5 Å². The van der Waals surface area contributed by atoms with Gasteiger partial charge < -0.3 is 4.57 Å². The van der Waals surface area contributed by atoms with E-state index in [0.717, 1.165) is 28.2 Å². The number of carbonyl (C=O) groups excluding carboxylic acids is 2. The van der Waals surface area contributed by atoms with Gasteiger partial charge in [-0.1, -0.05) is 18.2 Å². The Kier molecular flexibility index (Phi) is 3.83. The summed E-state index contributed by atoms with van der Waals surface area (Å²) >= 11 is 1.02. The SMILES string of the molecule is CCN1C(=O)S/C(=C\c2cn(C(C)C)c3ccccc23)C1=O. The van der Waals surface area contributed by atoms with Gasteiger partial charge in [-0.25, -0.2) is 0 Å². The van der Waals surface area contributed by atoms with Crippen LogP contribution in [0.3, 0.4) is 0 Å². The van der Waals surface area contributed by atoms with Crippen LogP contribution in [0.15, 0.2) is 35.4 Å². The van der Waals surface area contributed by atoms with Crippen molar-refractivity contribution in [1.82, 2.24) is 9.47 Å². The van der Waals surface area contributed by atoms with Gasteiger partial charge in [-0.15, -0.1) is 0 Å². The average Bonchev–Trinajstić information content (AvgIpc) is 2.98. The average molecular weight is 314 g/mol. The van der Waals surface area contributed by atoms with Crippen molar-refractivity contribution in [3.63, 3.8) is 0 Å². The number of rotatable bonds is 3. The first-order valence-corrected chi connectivity index (χ1v) is 8.19. The molecular formula is C17H18N2O2S. The number of para-hydroxylation sites is 1. The number of imide groups is 1. The molecule has 0 saturated carbocycles. The van der Waals surface area contributed by atoms with E-state index in [2.05, 4.69) is 30.7 Å². The third-order valence-electron chi connectivity index (χ3n) is 3.80. The number of fused-ring (bicyclic) bond motifs is 1. The molecule has 0 aliphatic carbocycles. The summed E-state index contributed by atoms with van der Waals surface area (Å²) < 4.78 is 2.19. The molecule has 1 fully saturated rings. The summed E-state index contributed by atoms with van der Waals surface area (Å²) in [6.07, 6.45) is 3.89. The summed E-state index contributed by atoms with van der Waals surface area (Å²) in [5, 5.41) is 0.908. The summed E-state index contributed by atoms with van der Waals surface area (Å²) in [6.45, 7) is 6.47. The van der Waals surface area contributed by atoms with Crippen molar-refractivity contribution in [3.05, 3.63) is 40.9 Å². The van der Waals surface area contributed by atoms with Crippen LogP contribution in [-0.2, 0) is 4.79 Å². The molecule has 0 radical (unpaired) electrons. The fourth-order valence-corrected chi connectivity index (χ4v) is 3.58. The Hall–Kier alpha value is -2.01. The summed E-state index contributed by atoms with van der Waals surface area (Å²) in [6, 6.07) is 8.45. The Morgan fingerprint density at radius 2 is 1.95 bits per heavy atom. The van der Waals surface area contributed by atoms with Crippen molar-refractivity contribution in [2.45, 2.75) is 26.8 Å². The number of aromatic nitrogens is 1. The van der Waals surface area contributed by atoms with Gasteiger partial charge in [0.2, 0.25) is 0 Å². The lowest BCUT2D eigenvalue weighted by molar-refractivity contribution is -0.122. The minimum Gasteiger partial charge on any atom is -0.344 e. The quantitative estimate of drug-likeness (QED) is 0.794. The minimum atomic E-state index is -0.195. The van der Waals surface area contributed by atoms with E-state index in [1.165, 1.54) is 4.90 Å². The molecule has 3 rings (SSSR count). The van der Waals surface area contributed by atoms with Crippen LogP contribution in [0.1, 0.15) is 32.4 Å². The van der Waals surface area contributed by atoms with Crippen molar-refractivity contribution in [3.8, 4) is 0 Å². The highest BCUT2D eigenvalue weighted by Gasteiger charge is 2.33. The molecule has 2 aromatic rings. The lowest BCUT2D eigenvalue weighted by Gasteiger charge is -2.08. The van der Waals surface area contributed by atoms with Crippen molar-refractivity contribution >= 4 is 39.9 Å². The molecule has 1 saturated heterocycles. The summed E-state index contributed by atoms with van der Waals surface area (Å²) in [7, 11) is 0. The normalized spacial score (nSPS) is 17.5. The molecule has 1 aromatic heterocycles. The van der Waals surface area contributed by atoms with E-state index in [1.54, 1.807) is 0 Å². The highest BCUT2D eigenvalue weighted by atomic mass is 32.2. The second-order valence-corrected chi connectivity index (χ2v) is 6.52. The second-order valence-electron chi connectivity index (χ2n) is 5.53. The number of nitrogens with zero attached hydrogens (tertiary/aromatic N) is 2. The third kappa shape index (κ3) is 2.35. The zero-order valence-corrected chi connectivity index (χ0v) is 13.7. The Bertz CT molecular complexity index is 789. The predicted molar refractivity (Wildman–Crippen MR) is 90.7 cm³/mol. The molecule has 0 bridgehead atoms. The maximum atomic E-state index is 12.2. The highest BCUT2D eigenvalue weighted by Crippen LogP contribution is 2.34.